The quantitative estimate of drug-likeness (QED) is 0.249. The zero-order valence-electron chi connectivity index (χ0n) is 22.3. The van der Waals surface area contributed by atoms with Crippen molar-refractivity contribution in [1.82, 2.24) is 0 Å². The molecular formula is C30H56. The summed E-state index contributed by atoms with van der Waals surface area (Å²) >= 11 is 0. The molecule has 0 saturated heterocycles. The summed E-state index contributed by atoms with van der Waals surface area (Å²) in [4.78, 5) is 0. The molecule has 0 saturated carbocycles. The Hall–Kier alpha value is -0.520. The minimum atomic E-state index is 0.486. The van der Waals surface area contributed by atoms with E-state index in [-0.39, 0.29) is 0 Å². The average molecular weight is 417 g/mol. The van der Waals surface area contributed by atoms with Crippen LogP contribution in [0.5, 0.6) is 0 Å². The van der Waals surface area contributed by atoms with E-state index in [1.165, 1.54) is 76.2 Å². The monoisotopic (exact) mass is 416 g/mol. The third kappa shape index (κ3) is 11.2. The fourth-order valence-corrected chi connectivity index (χ4v) is 5.31. The highest BCUT2D eigenvalue weighted by molar-refractivity contribution is 5.29. The van der Waals surface area contributed by atoms with E-state index in [1.807, 2.05) is 0 Å². The van der Waals surface area contributed by atoms with Crippen LogP contribution in [0.3, 0.4) is 0 Å². The van der Waals surface area contributed by atoms with Crippen LogP contribution in [0.25, 0.3) is 0 Å². The van der Waals surface area contributed by atoms with Gasteiger partial charge in [-0.25, -0.2) is 0 Å². The summed E-state index contributed by atoms with van der Waals surface area (Å²) < 4.78 is 0. The lowest BCUT2D eigenvalue weighted by atomic mass is 9.73. The van der Waals surface area contributed by atoms with Gasteiger partial charge in [-0.05, 0) is 68.1 Å². The SMILES string of the molecule is CC1=C(C)C(CCC(C)(C)CCCC(C)CCCC(C)CCCC(C)C)C(C)C=C1. The predicted molar refractivity (Wildman–Crippen MR) is 138 cm³/mol. The first kappa shape index (κ1) is 27.5. The Morgan fingerprint density at radius 3 is 1.90 bits per heavy atom. The molecule has 0 N–H and O–H groups in total. The largest absolute Gasteiger partial charge is 0.0808 e. The molecule has 1 aliphatic rings. The zero-order valence-corrected chi connectivity index (χ0v) is 22.3. The zero-order chi connectivity index (χ0) is 22.7. The highest BCUT2D eigenvalue weighted by Crippen LogP contribution is 2.38. The minimum Gasteiger partial charge on any atom is -0.0808 e. The first-order chi connectivity index (χ1) is 14.0. The molecule has 30 heavy (non-hydrogen) atoms. The van der Waals surface area contributed by atoms with Crippen molar-refractivity contribution in [2.45, 2.75) is 133 Å². The predicted octanol–water partition coefficient (Wildman–Crippen LogP) is 10.4. The normalized spacial score (nSPS) is 22.1. The lowest BCUT2D eigenvalue weighted by Gasteiger charge is -2.32. The van der Waals surface area contributed by atoms with Gasteiger partial charge in [0.25, 0.3) is 0 Å². The third-order valence-electron chi connectivity index (χ3n) is 8.02. The lowest BCUT2D eigenvalue weighted by Crippen LogP contribution is -2.20. The third-order valence-corrected chi connectivity index (χ3v) is 8.02. The van der Waals surface area contributed by atoms with Gasteiger partial charge in [0.05, 0.1) is 0 Å². The first-order valence-electron chi connectivity index (χ1n) is 13.4. The van der Waals surface area contributed by atoms with Crippen LogP contribution in [0, 0.1) is 35.0 Å². The molecule has 4 unspecified atom stereocenters. The second kappa shape index (κ2) is 13.8. The number of rotatable bonds is 15. The van der Waals surface area contributed by atoms with Crippen LogP contribution in [0.2, 0.25) is 0 Å². The molecule has 0 amide bonds. The van der Waals surface area contributed by atoms with Gasteiger partial charge in [0, 0.05) is 0 Å². The van der Waals surface area contributed by atoms with Crippen molar-refractivity contribution in [3.8, 4) is 0 Å². The van der Waals surface area contributed by atoms with E-state index in [9.17, 15) is 0 Å². The van der Waals surface area contributed by atoms with E-state index in [0.717, 1.165) is 23.7 Å². The van der Waals surface area contributed by atoms with Crippen LogP contribution in [0.1, 0.15) is 133 Å². The van der Waals surface area contributed by atoms with Gasteiger partial charge in [-0.15, -0.1) is 0 Å². The summed E-state index contributed by atoms with van der Waals surface area (Å²) in [5, 5.41) is 0. The van der Waals surface area contributed by atoms with E-state index >= 15 is 0 Å². The van der Waals surface area contributed by atoms with Crippen LogP contribution in [-0.4, -0.2) is 0 Å². The molecule has 0 aromatic heterocycles. The van der Waals surface area contributed by atoms with Crippen LogP contribution >= 0.6 is 0 Å². The van der Waals surface area contributed by atoms with Crippen molar-refractivity contribution < 1.29 is 0 Å². The van der Waals surface area contributed by atoms with Crippen LogP contribution in [-0.2, 0) is 0 Å². The van der Waals surface area contributed by atoms with Crippen LogP contribution in [0.4, 0.5) is 0 Å². The molecule has 0 aromatic carbocycles. The average Bonchev–Trinajstić information content (AvgIpc) is 2.64. The number of hydrogen-bond donors (Lipinski definition) is 0. The molecular weight excluding hydrogens is 360 g/mol. The Morgan fingerprint density at radius 2 is 1.33 bits per heavy atom. The highest BCUT2D eigenvalue weighted by Gasteiger charge is 2.25. The Labute approximate surface area is 191 Å². The molecule has 0 heteroatoms. The summed E-state index contributed by atoms with van der Waals surface area (Å²) in [5.41, 5.74) is 3.62. The van der Waals surface area contributed by atoms with Crippen LogP contribution < -0.4 is 0 Å². The molecule has 1 aliphatic carbocycles. The van der Waals surface area contributed by atoms with Gasteiger partial charge in [0.15, 0.2) is 0 Å². The molecule has 0 fully saturated rings. The molecule has 0 bridgehead atoms. The van der Waals surface area contributed by atoms with Crippen molar-refractivity contribution in [2.75, 3.05) is 0 Å². The summed E-state index contributed by atoms with van der Waals surface area (Å²) in [6.07, 6.45) is 20.3. The second-order valence-electron chi connectivity index (χ2n) is 12.3. The van der Waals surface area contributed by atoms with Crippen molar-refractivity contribution in [3.63, 3.8) is 0 Å². The van der Waals surface area contributed by atoms with E-state index in [1.54, 1.807) is 5.57 Å². The van der Waals surface area contributed by atoms with E-state index in [2.05, 4.69) is 74.5 Å². The fraction of sp³-hybridized carbons (Fsp3) is 0.867. The maximum atomic E-state index is 2.51. The van der Waals surface area contributed by atoms with Crippen molar-refractivity contribution in [3.05, 3.63) is 23.3 Å². The molecule has 0 nitrogen and oxygen atoms in total. The summed E-state index contributed by atoms with van der Waals surface area (Å²) in [6.45, 7) is 21.7. The summed E-state index contributed by atoms with van der Waals surface area (Å²) in [5.74, 6) is 4.16. The molecule has 1 rings (SSSR count). The molecule has 0 radical (unpaired) electrons. The van der Waals surface area contributed by atoms with Gasteiger partial charge in [-0.1, -0.05) is 123 Å². The molecule has 0 spiro atoms. The van der Waals surface area contributed by atoms with Gasteiger partial charge in [0.1, 0.15) is 0 Å². The Morgan fingerprint density at radius 1 is 0.800 bits per heavy atom. The van der Waals surface area contributed by atoms with E-state index in [0.29, 0.717) is 11.3 Å². The summed E-state index contributed by atoms with van der Waals surface area (Å²) in [6, 6.07) is 0. The Bertz CT molecular complexity index is 518. The van der Waals surface area contributed by atoms with Crippen molar-refractivity contribution >= 4 is 0 Å². The number of allylic oxidation sites excluding steroid dienone is 4. The first-order valence-corrected chi connectivity index (χ1v) is 13.4. The van der Waals surface area contributed by atoms with Gasteiger partial charge < -0.3 is 0 Å². The van der Waals surface area contributed by atoms with Gasteiger partial charge >= 0.3 is 0 Å². The number of hydrogen-bond acceptors (Lipinski definition) is 0. The lowest BCUT2D eigenvalue weighted by molar-refractivity contribution is 0.252. The van der Waals surface area contributed by atoms with Crippen molar-refractivity contribution in [1.29, 1.82) is 0 Å². The highest BCUT2D eigenvalue weighted by atomic mass is 14.3. The van der Waals surface area contributed by atoms with E-state index < -0.39 is 0 Å². The second-order valence-corrected chi connectivity index (χ2v) is 12.3. The maximum Gasteiger partial charge on any atom is -0.0140 e. The maximum absolute atomic E-state index is 2.51. The Kier molecular flexibility index (Phi) is 12.7. The minimum absolute atomic E-state index is 0.486. The molecule has 0 aromatic rings. The fourth-order valence-electron chi connectivity index (χ4n) is 5.31. The topological polar surface area (TPSA) is 0 Å². The molecule has 4 atom stereocenters. The van der Waals surface area contributed by atoms with Gasteiger partial charge in [-0.2, -0.15) is 0 Å². The molecule has 0 aliphatic heterocycles. The molecule has 176 valence electrons. The van der Waals surface area contributed by atoms with Crippen molar-refractivity contribution in [2.24, 2.45) is 35.0 Å². The van der Waals surface area contributed by atoms with Crippen LogP contribution in [0.15, 0.2) is 23.3 Å². The van der Waals surface area contributed by atoms with Gasteiger partial charge in [0.2, 0.25) is 0 Å². The van der Waals surface area contributed by atoms with E-state index in [4.69, 9.17) is 0 Å². The van der Waals surface area contributed by atoms with Gasteiger partial charge in [-0.3, -0.25) is 0 Å². The summed E-state index contributed by atoms with van der Waals surface area (Å²) in [7, 11) is 0. The molecule has 0 heterocycles. The smallest absolute Gasteiger partial charge is 0.0140 e. The Balaban J connectivity index is 2.20. The standard InChI is InChI=1S/C30H56/c1-23(2)13-10-14-24(3)15-11-16-25(4)17-12-21-30(8,9)22-20-29-27(6)19-18-26(5)28(29)7/h18-19,23-25,27,29H,10-17,20-22H2,1-9H3.